The van der Waals surface area contributed by atoms with Crippen molar-refractivity contribution in [1.82, 2.24) is 15.1 Å². The van der Waals surface area contributed by atoms with Crippen molar-refractivity contribution in [2.24, 2.45) is 10.9 Å². The number of nitrogens with zero attached hydrogens (tertiary/aromatic N) is 2. The van der Waals surface area contributed by atoms with E-state index < -0.39 is 30.5 Å². The molecule has 39 heavy (non-hydrogen) atoms. The number of benzene rings is 3. The Balaban J connectivity index is 1.64. The van der Waals surface area contributed by atoms with Crippen LogP contribution in [0.15, 0.2) is 90.1 Å². The Labute approximate surface area is 231 Å². The van der Waals surface area contributed by atoms with Crippen LogP contribution < -0.4 is 16.4 Å². The molecule has 0 saturated heterocycles. The summed E-state index contributed by atoms with van der Waals surface area (Å²) in [5, 5.41) is 37.6. The number of nitrogens with two attached hydrogens (primary N) is 1. The van der Waals surface area contributed by atoms with Crippen LogP contribution >= 0.6 is 11.9 Å². The number of aryl methyl sites for hydroxylation is 1. The topological polar surface area (TPSA) is 161 Å². The van der Waals surface area contributed by atoms with E-state index in [0.717, 1.165) is 33.1 Å². The highest BCUT2D eigenvalue weighted by atomic mass is 32.2. The van der Waals surface area contributed by atoms with Crippen LogP contribution in [0.25, 0.3) is 0 Å². The molecule has 2 atom stereocenters. The first kappa shape index (κ1) is 29.7. The molecule has 0 saturated carbocycles. The van der Waals surface area contributed by atoms with Gasteiger partial charge in [0.2, 0.25) is 11.8 Å². The van der Waals surface area contributed by atoms with Crippen molar-refractivity contribution in [1.29, 1.82) is 0 Å². The third-order valence-corrected chi connectivity index (χ3v) is 6.95. The lowest BCUT2D eigenvalue weighted by Gasteiger charge is -2.25. The van der Waals surface area contributed by atoms with Gasteiger partial charge in [-0.1, -0.05) is 90.1 Å². The lowest BCUT2D eigenvalue weighted by molar-refractivity contribution is -0.139. The Morgan fingerprint density at radius 3 is 2.10 bits per heavy atom. The minimum absolute atomic E-state index is 0.0208. The zero-order chi connectivity index (χ0) is 28.0. The number of amides is 2. The van der Waals surface area contributed by atoms with E-state index in [9.17, 15) is 19.9 Å². The molecule has 10 nitrogen and oxygen atoms in total. The Hall–Kier alpha value is -3.90. The van der Waals surface area contributed by atoms with Gasteiger partial charge in [0.1, 0.15) is 12.1 Å². The molecule has 0 bridgehead atoms. The molecular formula is C28H33N5O5S. The van der Waals surface area contributed by atoms with E-state index in [1.54, 1.807) is 24.3 Å². The van der Waals surface area contributed by atoms with Crippen LogP contribution in [0.5, 0.6) is 0 Å². The largest absolute Gasteiger partial charge is 0.409 e. The molecular weight excluding hydrogens is 518 g/mol. The third-order valence-electron chi connectivity index (χ3n) is 5.97. The molecule has 0 fully saturated rings. The maximum Gasteiger partial charge on any atom is 0.243 e. The lowest BCUT2D eigenvalue weighted by Crippen LogP contribution is -2.53. The van der Waals surface area contributed by atoms with Gasteiger partial charge in [0.25, 0.3) is 0 Å². The normalized spacial score (nSPS) is 13.1. The number of carbonyl (C=O) groups is 2. The summed E-state index contributed by atoms with van der Waals surface area (Å²) in [6, 6.07) is 23.6. The van der Waals surface area contributed by atoms with Crippen LogP contribution in [0.3, 0.4) is 0 Å². The number of hydrogen-bond donors (Lipinski definition) is 6. The summed E-state index contributed by atoms with van der Waals surface area (Å²) in [6.07, 6.45) is 0.841. The van der Waals surface area contributed by atoms with Crippen molar-refractivity contribution in [3.8, 4) is 0 Å². The number of hydroxylamine groups is 1. The molecule has 2 amide bonds. The molecule has 0 aliphatic heterocycles. The van der Waals surface area contributed by atoms with E-state index in [2.05, 4.69) is 15.8 Å². The first-order valence-electron chi connectivity index (χ1n) is 12.4. The van der Waals surface area contributed by atoms with Crippen LogP contribution in [0, 0.1) is 0 Å². The van der Waals surface area contributed by atoms with Crippen LogP contribution in [-0.2, 0) is 28.3 Å². The van der Waals surface area contributed by atoms with E-state index in [4.69, 9.17) is 10.9 Å². The number of rotatable bonds is 14. The highest BCUT2D eigenvalue weighted by Crippen LogP contribution is 2.18. The molecule has 0 radical (unpaired) electrons. The molecule has 206 valence electrons. The van der Waals surface area contributed by atoms with Crippen LogP contribution in [-0.4, -0.2) is 56.3 Å². The van der Waals surface area contributed by atoms with Gasteiger partial charge in [0.05, 0.1) is 6.61 Å². The molecule has 3 aromatic carbocycles. The Bertz CT molecular complexity index is 1210. The molecule has 11 heteroatoms. The second kappa shape index (κ2) is 15.5. The van der Waals surface area contributed by atoms with E-state index in [0.29, 0.717) is 24.2 Å². The monoisotopic (exact) mass is 551 g/mol. The summed E-state index contributed by atoms with van der Waals surface area (Å²) >= 11 is 0.983. The summed E-state index contributed by atoms with van der Waals surface area (Å²) in [5.74, 6) is -0.699. The van der Waals surface area contributed by atoms with Gasteiger partial charge in [-0.15, -0.1) is 4.47 Å². The fraction of sp³-hybridized carbons (Fsp3) is 0.250. The average Bonchev–Trinajstić information content (AvgIpc) is 2.98. The van der Waals surface area contributed by atoms with Gasteiger partial charge < -0.3 is 31.9 Å². The van der Waals surface area contributed by atoms with Gasteiger partial charge >= 0.3 is 0 Å². The fourth-order valence-corrected chi connectivity index (χ4v) is 4.53. The van der Waals surface area contributed by atoms with E-state index in [-0.39, 0.29) is 12.4 Å². The van der Waals surface area contributed by atoms with Crippen molar-refractivity contribution in [2.45, 2.75) is 37.2 Å². The van der Waals surface area contributed by atoms with Gasteiger partial charge in [-0.05, 0) is 41.5 Å². The van der Waals surface area contributed by atoms with Crippen LogP contribution in [0.4, 0.5) is 0 Å². The van der Waals surface area contributed by atoms with Crippen molar-refractivity contribution in [3.05, 3.63) is 107 Å². The summed E-state index contributed by atoms with van der Waals surface area (Å²) in [4.78, 5) is 26.2. The first-order valence-corrected chi connectivity index (χ1v) is 13.3. The smallest absolute Gasteiger partial charge is 0.243 e. The molecule has 3 rings (SSSR count). The molecule has 0 spiro atoms. The summed E-state index contributed by atoms with van der Waals surface area (Å²) in [7, 11) is 0. The van der Waals surface area contributed by atoms with Crippen LogP contribution in [0.2, 0.25) is 0 Å². The first-order chi connectivity index (χ1) is 18.9. The minimum Gasteiger partial charge on any atom is -0.409 e. The SMILES string of the molecule is N/C(=N\O)c1ccc(CNC(=O)[C@H](CCc2ccccc2)NC(=O)[C@@H](CO)N(O)SCc2ccccc2)cc1. The molecule has 0 aliphatic rings. The second-order valence-corrected chi connectivity index (χ2v) is 9.67. The Morgan fingerprint density at radius 2 is 1.51 bits per heavy atom. The number of aliphatic hydroxyl groups is 1. The van der Waals surface area contributed by atoms with E-state index >= 15 is 0 Å². The zero-order valence-corrected chi connectivity index (χ0v) is 22.1. The van der Waals surface area contributed by atoms with Crippen LogP contribution in [0.1, 0.15) is 28.7 Å². The molecule has 7 N–H and O–H groups in total. The molecule has 3 aromatic rings. The molecule has 0 heterocycles. The molecule has 0 aromatic heterocycles. The number of nitrogens with one attached hydrogen (secondary N) is 2. The number of oxime groups is 1. The maximum atomic E-state index is 13.1. The second-order valence-electron chi connectivity index (χ2n) is 8.75. The maximum absolute atomic E-state index is 13.1. The van der Waals surface area contributed by atoms with Crippen molar-refractivity contribution in [2.75, 3.05) is 6.61 Å². The highest BCUT2D eigenvalue weighted by Gasteiger charge is 2.29. The fourth-order valence-electron chi connectivity index (χ4n) is 3.71. The predicted molar refractivity (Wildman–Crippen MR) is 150 cm³/mol. The number of amidine groups is 1. The number of aliphatic hydroxyl groups excluding tert-OH is 1. The average molecular weight is 552 g/mol. The molecule has 0 aliphatic carbocycles. The Kier molecular flexibility index (Phi) is 11.8. The van der Waals surface area contributed by atoms with Crippen molar-refractivity contribution >= 4 is 29.6 Å². The number of hydrogen-bond acceptors (Lipinski definition) is 8. The predicted octanol–water partition coefficient (Wildman–Crippen LogP) is 2.42. The van der Waals surface area contributed by atoms with E-state index in [1.807, 2.05) is 60.7 Å². The van der Waals surface area contributed by atoms with E-state index in [1.165, 1.54) is 0 Å². The number of carbonyl (C=O) groups excluding carboxylic acids is 2. The summed E-state index contributed by atoms with van der Waals surface area (Å²) in [6.45, 7) is -0.445. The minimum atomic E-state index is -1.27. The zero-order valence-electron chi connectivity index (χ0n) is 21.3. The van der Waals surface area contributed by atoms with Gasteiger partial charge in [-0.3, -0.25) is 9.59 Å². The van der Waals surface area contributed by atoms with Crippen molar-refractivity contribution < 1.29 is 25.1 Å². The standard InChI is InChI=1S/C28H33N5O5S/c29-26(32-37)23-14-11-21(12-15-23)17-30-27(35)24(16-13-20-7-3-1-4-8-20)31-28(36)25(18-34)33(38)39-19-22-9-5-2-6-10-22/h1-12,14-15,24-25,34,37-38H,13,16-19H2,(H2,29,32)(H,30,35)(H,31,36)/t24-,25+/m0/s1. The summed E-state index contributed by atoms with van der Waals surface area (Å²) < 4.78 is 0.720. The highest BCUT2D eigenvalue weighted by molar-refractivity contribution is 7.96. The summed E-state index contributed by atoms with van der Waals surface area (Å²) in [5.41, 5.74) is 8.85. The van der Waals surface area contributed by atoms with Gasteiger partial charge in [0.15, 0.2) is 5.84 Å². The molecule has 0 unspecified atom stereocenters. The Morgan fingerprint density at radius 1 is 0.897 bits per heavy atom. The van der Waals surface area contributed by atoms with Gasteiger partial charge in [-0.2, -0.15) is 0 Å². The quantitative estimate of drug-likeness (QED) is 0.0586. The third kappa shape index (κ3) is 9.41. The van der Waals surface area contributed by atoms with Gasteiger partial charge in [-0.25, -0.2) is 0 Å². The lowest BCUT2D eigenvalue weighted by atomic mass is 10.0. The van der Waals surface area contributed by atoms with Gasteiger partial charge in [0, 0.05) is 17.9 Å². The van der Waals surface area contributed by atoms with Crippen molar-refractivity contribution in [3.63, 3.8) is 0 Å².